The number of carbonyl (C=O) groups is 1. The van der Waals surface area contributed by atoms with E-state index in [-0.39, 0.29) is 5.91 Å². The summed E-state index contributed by atoms with van der Waals surface area (Å²) < 4.78 is 1.69. The zero-order valence-corrected chi connectivity index (χ0v) is 16.8. The minimum absolute atomic E-state index is 0.329. The Morgan fingerprint density at radius 1 is 0.833 bits per heavy atom. The highest BCUT2D eigenvalue weighted by Gasteiger charge is 2.19. The number of nitrogens with one attached hydrogen (secondary N) is 2. The molecule has 1 amide bonds. The number of hydrazine groups is 1. The third kappa shape index (κ3) is 4.11. The molecule has 0 atom stereocenters. The van der Waals surface area contributed by atoms with Crippen molar-refractivity contribution in [3.63, 3.8) is 0 Å². The molecule has 4 rings (SSSR count). The molecule has 0 radical (unpaired) electrons. The van der Waals surface area contributed by atoms with Crippen LogP contribution >= 0.6 is 11.6 Å². The fraction of sp³-hybridized carbons (Fsp3) is 0. The van der Waals surface area contributed by atoms with E-state index in [1.165, 1.54) is 0 Å². The fourth-order valence-corrected chi connectivity index (χ4v) is 3.28. The molecule has 0 aliphatic rings. The Kier molecular flexibility index (Phi) is 5.63. The van der Waals surface area contributed by atoms with Gasteiger partial charge in [-0.15, -0.1) is 0 Å². The van der Waals surface area contributed by atoms with Crippen LogP contribution in [0.2, 0.25) is 5.02 Å². The second-order valence-corrected chi connectivity index (χ2v) is 6.98. The fourth-order valence-electron chi connectivity index (χ4n) is 3.04. The molecule has 0 aliphatic carbocycles. The van der Waals surface area contributed by atoms with Crippen LogP contribution in [0, 0.1) is 0 Å². The summed E-state index contributed by atoms with van der Waals surface area (Å²) >= 11 is 6.20. The summed E-state index contributed by atoms with van der Waals surface area (Å²) in [4.78, 5) is 13.0. The number of hydrogen-bond acceptors (Lipinski definition) is 3. The van der Waals surface area contributed by atoms with Gasteiger partial charge in [0.25, 0.3) is 5.91 Å². The first-order chi connectivity index (χ1) is 14.6. The highest BCUT2D eigenvalue weighted by Crippen LogP contribution is 2.24. The van der Waals surface area contributed by atoms with E-state index in [1.54, 1.807) is 16.9 Å². The number of para-hydroxylation sites is 1. The Bertz CT molecular complexity index is 1190. The maximum absolute atomic E-state index is 13.0. The van der Waals surface area contributed by atoms with Crippen LogP contribution in [0.4, 0.5) is 0 Å². The van der Waals surface area contributed by atoms with Crippen molar-refractivity contribution < 1.29 is 4.79 Å². The molecular formula is C24H19ClN4O. The SMILES string of the molecule is C=C(NNC(=O)c1cn(-c2ccccc2)nc1-c1ccccc1)c1ccccc1Cl. The highest BCUT2D eigenvalue weighted by atomic mass is 35.5. The molecular weight excluding hydrogens is 396 g/mol. The van der Waals surface area contributed by atoms with Gasteiger partial charge >= 0.3 is 0 Å². The van der Waals surface area contributed by atoms with Gasteiger partial charge in [-0.05, 0) is 18.2 Å². The van der Waals surface area contributed by atoms with Crippen molar-refractivity contribution in [1.82, 2.24) is 20.6 Å². The molecule has 148 valence electrons. The summed E-state index contributed by atoms with van der Waals surface area (Å²) in [5.41, 5.74) is 9.48. The highest BCUT2D eigenvalue weighted by molar-refractivity contribution is 6.32. The standard InChI is InChI=1S/C24H19ClN4O/c1-17(20-14-8-9-15-22(20)25)26-27-24(30)21-16-29(19-12-6-3-7-13-19)28-23(21)18-10-4-2-5-11-18/h2-16,26H,1H2,(H,27,30). The molecule has 5 nitrogen and oxygen atoms in total. The minimum Gasteiger partial charge on any atom is -0.298 e. The maximum Gasteiger partial charge on any atom is 0.273 e. The topological polar surface area (TPSA) is 58.9 Å². The quantitative estimate of drug-likeness (QED) is 0.431. The lowest BCUT2D eigenvalue weighted by Gasteiger charge is -2.12. The van der Waals surface area contributed by atoms with Gasteiger partial charge in [0, 0.05) is 22.3 Å². The second kappa shape index (κ2) is 8.68. The van der Waals surface area contributed by atoms with Gasteiger partial charge in [0.15, 0.2) is 0 Å². The summed E-state index contributed by atoms with van der Waals surface area (Å²) in [6.45, 7) is 3.95. The predicted molar refractivity (Wildman–Crippen MR) is 120 cm³/mol. The van der Waals surface area contributed by atoms with Crippen LogP contribution in [-0.2, 0) is 0 Å². The van der Waals surface area contributed by atoms with Gasteiger partial charge in [0.05, 0.1) is 16.9 Å². The number of hydrogen-bond donors (Lipinski definition) is 2. The van der Waals surface area contributed by atoms with Gasteiger partial charge in [-0.25, -0.2) is 4.68 Å². The Morgan fingerprint density at radius 2 is 1.47 bits per heavy atom. The Morgan fingerprint density at radius 3 is 2.17 bits per heavy atom. The molecule has 30 heavy (non-hydrogen) atoms. The molecule has 0 saturated carbocycles. The van der Waals surface area contributed by atoms with E-state index in [9.17, 15) is 4.79 Å². The zero-order chi connectivity index (χ0) is 20.9. The van der Waals surface area contributed by atoms with Crippen molar-refractivity contribution in [3.05, 3.63) is 114 Å². The van der Waals surface area contributed by atoms with Gasteiger partial charge in [0.1, 0.15) is 5.69 Å². The molecule has 1 heterocycles. The summed E-state index contributed by atoms with van der Waals surface area (Å²) in [5, 5.41) is 5.20. The number of amides is 1. The van der Waals surface area contributed by atoms with Gasteiger partial charge in [-0.2, -0.15) is 5.10 Å². The van der Waals surface area contributed by atoms with E-state index in [1.807, 2.05) is 78.9 Å². The van der Waals surface area contributed by atoms with E-state index in [0.29, 0.717) is 27.5 Å². The molecule has 0 spiro atoms. The maximum atomic E-state index is 13.0. The zero-order valence-electron chi connectivity index (χ0n) is 16.0. The van der Waals surface area contributed by atoms with Crippen molar-refractivity contribution in [2.75, 3.05) is 0 Å². The smallest absolute Gasteiger partial charge is 0.273 e. The molecule has 0 aliphatic heterocycles. The largest absolute Gasteiger partial charge is 0.298 e. The summed E-state index contributed by atoms with van der Waals surface area (Å²) in [6.07, 6.45) is 1.72. The molecule has 2 N–H and O–H groups in total. The molecule has 6 heteroatoms. The van der Waals surface area contributed by atoms with E-state index in [0.717, 1.165) is 11.3 Å². The van der Waals surface area contributed by atoms with Crippen LogP contribution in [0.5, 0.6) is 0 Å². The first kappa shape index (κ1) is 19.5. The van der Waals surface area contributed by atoms with E-state index >= 15 is 0 Å². The lowest BCUT2D eigenvalue weighted by Crippen LogP contribution is -2.36. The minimum atomic E-state index is -0.329. The number of halogens is 1. The van der Waals surface area contributed by atoms with Gasteiger partial charge in [-0.3, -0.25) is 15.6 Å². The Hall–Kier alpha value is -3.83. The number of nitrogens with zero attached hydrogens (tertiary/aromatic N) is 2. The van der Waals surface area contributed by atoms with Crippen molar-refractivity contribution in [2.24, 2.45) is 0 Å². The van der Waals surface area contributed by atoms with E-state index < -0.39 is 0 Å². The van der Waals surface area contributed by atoms with Crippen LogP contribution in [0.15, 0.2) is 97.7 Å². The van der Waals surface area contributed by atoms with Gasteiger partial charge < -0.3 is 0 Å². The molecule has 0 unspecified atom stereocenters. The van der Waals surface area contributed by atoms with Crippen LogP contribution in [0.1, 0.15) is 15.9 Å². The first-order valence-corrected chi connectivity index (χ1v) is 9.72. The molecule has 4 aromatic rings. The van der Waals surface area contributed by atoms with Crippen molar-refractivity contribution in [1.29, 1.82) is 0 Å². The number of aromatic nitrogens is 2. The lowest BCUT2D eigenvalue weighted by atomic mass is 10.1. The summed E-state index contributed by atoms with van der Waals surface area (Å²) in [6, 6.07) is 26.5. The number of benzene rings is 3. The van der Waals surface area contributed by atoms with Gasteiger partial charge in [-0.1, -0.05) is 84.9 Å². The predicted octanol–water partition coefficient (Wildman–Crippen LogP) is 5.10. The average molecular weight is 415 g/mol. The third-order valence-corrected chi connectivity index (χ3v) is 4.88. The normalized spacial score (nSPS) is 10.4. The average Bonchev–Trinajstić information content (AvgIpc) is 3.24. The third-order valence-electron chi connectivity index (χ3n) is 4.55. The van der Waals surface area contributed by atoms with Crippen LogP contribution in [0.3, 0.4) is 0 Å². The van der Waals surface area contributed by atoms with Crippen LogP contribution in [0.25, 0.3) is 22.6 Å². The molecule has 0 bridgehead atoms. The van der Waals surface area contributed by atoms with E-state index in [4.69, 9.17) is 11.6 Å². The summed E-state index contributed by atoms with van der Waals surface area (Å²) in [7, 11) is 0. The van der Waals surface area contributed by atoms with Crippen molar-refractivity contribution in [3.8, 4) is 16.9 Å². The Labute approximate surface area is 179 Å². The lowest BCUT2D eigenvalue weighted by molar-refractivity contribution is 0.0943. The molecule has 0 saturated heterocycles. The number of carbonyl (C=O) groups excluding carboxylic acids is 1. The van der Waals surface area contributed by atoms with E-state index in [2.05, 4.69) is 22.5 Å². The van der Waals surface area contributed by atoms with Crippen LogP contribution in [-0.4, -0.2) is 15.7 Å². The van der Waals surface area contributed by atoms with Crippen LogP contribution < -0.4 is 10.9 Å². The first-order valence-electron chi connectivity index (χ1n) is 9.34. The molecule has 1 aromatic heterocycles. The van der Waals surface area contributed by atoms with Crippen molar-refractivity contribution in [2.45, 2.75) is 0 Å². The Balaban J connectivity index is 1.62. The van der Waals surface area contributed by atoms with Gasteiger partial charge in [0.2, 0.25) is 0 Å². The monoisotopic (exact) mass is 414 g/mol. The molecule has 3 aromatic carbocycles. The second-order valence-electron chi connectivity index (χ2n) is 6.58. The summed E-state index contributed by atoms with van der Waals surface area (Å²) in [5.74, 6) is -0.329. The van der Waals surface area contributed by atoms with Crippen molar-refractivity contribution >= 4 is 23.2 Å². The number of rotatable bonds is 6. The molecule has 0 fully saturated rings.